The zero-order chi connectivity index (χ0) is 23.3. The Labute approximate surface area is 193 Å². The molecule has 3 aromatic rings. The highest BCUT2D eigenvalue weighted by molar-refractivity contribution is 7.92. The number of hydrogen-bond acceptors (Lipinski definition) is 4. The quantitative estimate of drug-likeness (QED) is 0.559. The molecule has 1 N–H and O–H groups in total. The van der Waals surface area contributed by atoms with Crippen LogP contribution >= 0.6 is 11.6 Å². The molecule has 0 radical (unpaired) electrons. The van der Waals surface area contributed by atoms with Crippen molar-refractivity contribution < 1.29 is 13.2 Å². The molecule has 6 nitrogen and oxygen atoms in total. The summed E-state index contributed by atoms with van der Waals surface area (Å²) in [6.07, 6.45) is 0. The van der Waals surface area contributed by atoms with Gasteiger partial charge in [0, 0.05) is 11.6 Å². The van der Waals surface area contributed by atoms with Crippen molar-refractivity contribution in [1.82, 2.24) is 5.32 Å². The van der Waals surface area contributed by atoms with E-state index < -0.39 is 22.5 Å². The summed E-state index contributed by atoms with van der Waals surface area (Å²) < 4.78 is 28.0. The van der Waals surface area contributed by atoms with Crippen molar-refractivity contribution in [3.8, 4) is 6.07 Å². The average Bonchev–Trinajstić information content (AvgIpc) is 2.79. The predicted molar refractivity (Wildman–Crippen MR) is 125 cm³/mol. The molecule has 0 aromatic heterocycles. The summed E-state index contributed by atoms with van der Waals surface area (Å²) >= 11 is 6.23. The summed E-state index contributed by atoms with van der Waals surface area (Å²) in [7, 11) is -4.10. The highest BCUT2D eigenvalue weighted by atomic mass is 35.5. The number of halogens is 1. The van der Waals surface area contributed by atoms with E-state index in [1.807, 2.05) is 37.3 Å². The van der Waals surface area contributed by atoms with Crippen LogP contribution in [-0.4, -0.2) is 20.9 Å². The molecular formula is C24H22ClN3O3S. The van der Waals surface area contributed by atoms with Gasteiger partial charge in [-0.3, -0.25) is 9.10 Å². The van der Waals surface area contributed by atoms with E-state index in [0.29, 0.717) is 21.8 Å². The van der Waals surface area contributed by atoms with Crippen molar-refractivity contribution in [1.29, 1.82) is 5.26 Å². The van der Waals surface area contributed by atoms with Crippen LogP contribution in [0.5, 0.6) is 0 Å². The number of carbonyl (C=O) groups excluding carboxylic acids is 1. The molecule has 0 atom stereocenters. The van der Waals surface area contributed by atoms with Crippen LogP contribution in [0.15, 0.2) is 71.6 Å². The van der Waals surface area contributed by atoms with Crippen LogP contribution in [0.25, 0.3) is 0 Å². The molecule has 1 amide bonds. The lowest BCUT2D eigenvalue weighted by molar-refractivity contribution is -0.119. The Morgan fingerprint density at radius 2 is 1.69 bits per heavy atom. The fraction of sp³-hybridized carbons (Fsp3) is 0.167. The Balaban J connectivity index is 1.91. The van der Waals surface area contributed by atoms with Crippen LogP contribution in [0.3, 0.4) is 0 Å². The number of nitriles is 1. The molecule has 0 saturated carbocycles. The number of anilines is 1. The van der Waals surface area contributed by atoms with Crippen molar-refractivity contribution in [2.24, 2.45) is 0 Å². The summed E-state index contributed by atoms with van der Waals surface area (Å²) in [5.41, 5.74) is 3.20. The van der Waals surface area contributed by atoms with Gasteiger partial charge in [-0.15, -0.1) is 0 Å². The van der Waals surface area contributed by atoms with Gasteiger partial charge >= 0.3 is 0 Å². The molecule has 0 bridgehead atoms. The van der Waals surface area contributed by atoms with Gasteiger partial charge in [0.2, 0.25) is 5.91 Å². The fourth-order valence-electron chi connectivity index (χ4n) is 3.09. The second-order valence-electron chi connectivity index (χ2n) is 7.29. The minimum atomic E-state index is -4.10. The Bertz CT molecular complexity index is 1270. The van der Waals surface area contributed by atoms with Crippen molar-refractivity contribution in [3.05, 3.63) is 94.0 Å². The normalized spacial score (nSPS) is 10.9. The Morgan fingerprint density at radius 1 is 1.03 bits per heavy atom. The van der Waals surface area contributed by atoms with Gasteiger partial charge in [-0.05, 0) is 61.4 Å². The molecule has 0 aliphatic rings. The van der Waals surface area contributed by atoms with Crippen molar-refractivity contribution in [3.63, 3.8) is 0 Å². The summed E-state index contributed by atoms with van der Waals surface area (Å²) in [4.78, 5) is 12.7. The van der Waals surface area contributed by atoms with E-state index in [0.717, 1.165) is 15.4 Å². The number of hydrogen-bond donors (Lipinski definition) is 1. The first-order valence-electron chi connectivity index (χ1n) is 9.82. The molecule has 32 heavy (non-hydrogen) atoms. The summed E-state index contributed by atoms with van der Waals surface area (Å²) in [5.74, 6) is -0.456. The first kappa shape index (κ1) is 23.3. The lowest BCUT2D eigenvalue weighted by Gasteiger charge is -2.26. The second-order valence-corrected chi connectivity index (χ2v) is 9.56. The van der Waals surface area contributed by atoms with Crippen molar-refractivity contribution >= 4 is 33.2 Å². The fourth-order valence-corrected chi connectivity index (χ4v) is 4.74. The second kappa shape index (κ2) is 9.86. The number of benzene rings is 3. The molecule has 0 aliphatic heterocycles. The molecule has 0 fully saturated rings. The number of sulfonamides is 1. The van der Waals surface area contributed by atoms with Gasteiger partial charge in [0.15, 0.2) is 0 Å². The molecule has 0 spiro atoms. The van der Waals surface area contributed by atoms with Gasteiger partial charge in [0.25, 0.3) is 10.0 Å². The zero-order valence-corrected chi connectivity index (χ0v) is 19.2. The first-order valence-corrected chi connectivity index (χ1v) is 11.6. The number of nitrogens with one attached hydrogen (secondary N) is 1. The van der Waals surface area contributed by atoms with Gasteiger partial charge in [0.1, 0.15) is 6.54 Å². The van der Waals surface area contributed by atoms with E-state index in [4.69, 9.17) is 16.9 Å². The highest BCUT2D eigenvalue weighted by Gasteiger charge is 2.28. The maximum atomic E-state index is 13.5. The predicted octanol–water partition coefficient (Wildman–Crippen LogP) is 4.34. The third-order valence-electron chi connectivity index (χ3n) is 4.98. The maximum absolute atomic E-state index is 13.5. The lowest BCUT2D eigenvalue weighted by atomic mass is 10.1. The van der Waals surface area contributed by atoms with E-state index in [1.54, 1.807) is 25.1 Å². The van der Waals surface area contributed by atoms with E-state index >= 15 is 0 Å². The lowest BCUT2D eigenvalue weighted by Crippen LogP contribution is -2.41. The van der Waals surface area contributed by atoms with Gasteiger partial charge < -0.3 is 5.32 Å². The van der Waals surface area contributed by atoms with Gasteiger partial charge in [-0.25, -0.2) is 8.42 Å². The third kappa shape index (κ3) is 5.28. The first-order chi connectivity index (χ1) is 15.2. The van der Waals surface area contributed by atoms with Crippen LogP contribution in [0.1, 0.15) is 22.3 Å². The largest absolute Gasteiger partial charge is 0.350 e. The van der Waals surface area contributed by atoms with Crippen LogP contribution in [-0.2, 0) is 21.4 Å². The van der Waals surface area contributed by atoms with Crippen LogP contribution < -0.4 is 9.62 Å². The molecule has 0 aliphatic carbocycles. The molecular weight excluding hydrogens is 446 g/mol. The number of rotatable bonds is 7. The smallest absolute Gasteiger partial charge is 0.264 e. The molecule has 8 heteroatoms. The molecule has 0 unspecified atom stereocenters. The topological polar surface area (TPSA) is 90.3 Å². The Kier molecular flexibility index (Phi) is 7.18. The minimum absolute atomic E-state index is 0.0257. The third-order valence-corrected chi connectivity index (χ3v) is 7.16. The average molecular weight is 468 g/mol. The van der Waals surface area contributed by atoms with E-state index in [2.05, 4.69) is 5.32 Å². The monoisotopic (exact) mass is 467 g/mol. The van der Waals surface area contributed by atoms with Gasteiger partial charge in [0.05, 0.1) is 22.2 Å². The molecule has 0 heterocycles. The van der Waals surface area contributed by atoms with Crippen LogP contribution in [0, 0.1) is 25.2 Å². The number of nitrogens with zero attached hydrogens (tertiary/aromatic N) is 2. The van der Waals surface area contributed by atoms with Gasteiger partial charge in [-0.2, -0.15) is 5.26 Å². The molecule has 3 aromatic carbocycles. The van der Waals surface area contributed by atoms with E-state index in [9.17, 15) is 13.2 Å². The zero-order valence-electron chi connectivity index (χ0n) is 17.7. The number of aryl methyl sites for hydroxylation is 1. The van der Waals surface area contributed by atoms with Crippen LogP contribution in [0.2, 0.25) is 5.02 Å². The summed E-state index contributed by atoms with van der Waals surface area (Å²) in [6.45, 7) is 3.53. The van der Waals surface area contributed by atoms with Crippen molar-refractivity contribution in [2.45, 2.75) is 25.3 Å². The maximum Gasteiger partial charge on any atom is 0.264 e. The number of carbonyl (C=O) groups is 1. The summed E-state index contributed by atoms with van der Waals surface area (Å²) in [5, 5.41) is 12.2. The Morgan fingerprint density at radius 3 is 2.31 bits per heavy atom. The Hall–Kier alpha value is -3.34. The number of amides is 1. The SMILES string of the molecule is Cc1ccc(CNC(=O)CN(c2cccc(Cl)c2C)S(=O)(=O)c2ccc(C#N)cc2)cc1. The minimum Gasteiger partial charge on any atom is -0.350 e. The van der Waals surface area contributed by atoms with Crippen LogP contribution in [0.4, 0.5) is 5.69 Å². The van der Waals surface area contributed by atoms with Crippen molar-refractivity contribution in [2.75, 3.05) is 10.8 Å². The standard InChI is InChI=1S/C24H22ClN3O3S/c1-17-6-8-20(9-7-17)15-27-24(29)16-28(23-5-3-4-22(25)18(23)2)32(30,31)21-12-10-19(14-26)11-13-21/h3-13H,15-16H2,1-2H3,(H,27,29). The van der Waals surface area contributed by atoms with E-state index in [1.165, 1.54) is 24.3 Å². The van der Waals surface area contributed by atoms with E-state index in [-0.39, 0.29) is 11.4 Å². The van der Waals surface area contributed by atoms with Gasteiger partial charge in [-0.1, -0.05) is 47.5 Å². The highest BCUT2D eigenvalue weighted by Crippen LogP contribution is 2.30. The molecule has 164 valence electrons. The molecule has 0 saturated heterocycles. The molecule has 3 rings (SSSR count). The summed E-state index contributed by atoms with van der Waals surface area (Å²) in [6, 6.07) is 20.1.